The Morgan fingerprint density at radius 2 is 1.75 bits per heavy atom. The van der Waals surface area contributed by atoms with Gasteiger partial charge in [0, 0.05) is 24.3 Å². The molecule has 4 rings (SSSR count). The van der Waals surface area contributed by atoms with Gasteiger partial charge in [0.05, 0.1) is 24.7 Å². The molecule has 2 aliphatic heterocycles. The van der Waals surface area contributed by atoms with E-state index in [4.69, 9.17) is 4.74 Å². The molecule has 2 aliphatic rings. The van der Waals surface area contributed by atoms with Crippen LogP contribution < -0.4 is 4.90 Å². The number of morpholine rings is 1. The molecule has 0 bridgehead atoms. The topological polar surface area (TPSA) is 49.9 Å². The number of carbonyl (C=O) groups excluding carboxylic acids is 2. The Balaban J connectivity index is 1.48. The van der Waals surface area contributed by atoms with Crippen LogP contribution in [0.25, 0.3) is 6.08 Å². The van der Waals surface area contributed by atoms with Crippen molar-refractivity contribution in [1.29, 1.82) is 0 Å². The zero-order valence-electron chi connectivity index (χ0n) is 15.1. The Bertz CT molecular complexity index is 924. The fourth-order valence-electron chi connectivity index (χ4n) is 3.19. The molecule has 2 amide bonds. The van der Waals surface area contributed by atoms with Crippen LogP contribution in [0.1, 0.15) is 11.1 Å². The van der Waals surface area contributed by atoms with Gasteiger partial charge in [-0.3, -0.25) is 14.5 Å². The standard InChI is InChI=1S/C21H19FN2O3S/c22-18-4-2-1-3-16(18)14-24-20(25)19(28-21(24)26)13-15-5-7-17(8-6-15)23-9-11-27-12-10-23/h1-8,13H,9-12,14H2. The minimum absolute atomic E-state index is 0.0648. The van der Waals surface area contributed by atoms with Gasteiger partial charge < -0.3 is 9.64 Å². The molecule has 5 nitrogen and oxygen atoms in total. The maximum absolute atomic E-state index is 13.9. The first kappa shape index (κ1) is 18.7. The summed E-state index contributed by atoms with van der Waals surface area (Å²) in [6.07, 6.45) is 1.70. The van der Waals surface area contributed by atoms with Crippen molar-refractivity contribution in [2.24, 2.45) is 0 Å². The van der Waals surface area contributed by atoms with Crippen molar-refractivity contribution >= 4 is 34.7 Å². The quantitative estimate of drug-likeness (QED) is 0.731. The number of hydrogen-bond donors (Lipinski definition) is 0. The monoisotopic (exact) mass is 398 g/mol. The summed E-state index contributed by atoms with van der Waals surface area (Å²) in [5.41, 5.74) is 2.27. The summed E-state index contributed by atoms with van der Waals surface area (Å²) < 4.78 is 19.2. The summed E-state index contributed by atoms with van der Waals surface area (Å²) in [6, 6.07) is 14.0. The maximum atomic E-state index is 13.9. The molecular weight excluding hydrogens is 379 g/mol. The molecule has 2 aromatic rings. The smallest absolute Gasteiger partial charge is 0.293 e. The highest BCUT2D eigenvalue weighted by molar-refractivity contribution is 8.18. The van der Waals surface area contributed by atoms with Crippen molar-refractivity contribution < 1.29 is 18.7 Å². The molecule has 0 unspecified atom stereocenters. The van der Waals surface area contributed by atoms with Crippen LogP contribution in [0, 0.1) is 5.82 Å². The van der Waals surface area contributed by atoms with Crippen LogP contribution in [0.15, 0.2) is 53.4 Å². The number of ether oxygens (including phenoxy) is 1. The summed E-state index contributed by atoms with van der Waals surface area (Å²) in [7, 11) is 0. The highest BCUT2D eigenvalue weighted by Crippen LogP contribution is 2.33. The number of nitrogens with zero attached hydrogens (tertiary/aromatic N) is 2. The van der Waals surface area contributed by atoms with Crippen molar-refractivity contribution in [3.8, 4) is 0 Å². The molecule has 0 aromatic heterocycles. The van der Waals surface area contributed by atoms with Crippen LogP contribution >= 0.6 is 11.8 Å². The van der Waals surface area contributed by atoms with Gasteiger partial charge >= 0.3 is 0 Å². The summed E-state index contributed by atoms with van der Waals surface area (Å²) in [5.74, 6) is -0.820. The number of hydrogen-bond acceptors (Lipinski definition) is 5. The fourth-order valence-corrected chi connectivity index (χ4v) is 4.03. The van der Waals surface area contributed by atoms with E-state index in [1.54, 1.807) is 24.3 Å². The molecule has 144 valence electrons. The van der Waals surface area contributed by atoms with Crippen molar-refractivity contribution in [3.05, 3.63) is 70.4 Å². The lowest BCUT2D eigenvalue weighted by Gasteiger charge is -2.28. The minimum Gasteiger partial charge on any atom is -0.378 e. The molecule has 2 fully saturated rings. The van der Waals surface area contributed by atoms with E-state index in [-0.39, 0.29) is 11.8 Å². The second-order valence-corrected chi connectivity index (χ2v) is 7.54. The predicted octanol–water partition coefficient (Wildman–Crippen LogP) is 3.90. The second-order valence-electron chi connectivity index (χ2n) is 6.55. The van der Waals surface area contributed by atoms with Gasteiger partial charge in [0.15, 0.2) is 0 Å². The molecule has 2 saturated heterocycles. The number of benzene rings is 2. The van der Waals surface area contributed by atoms with Gasteiger partial charge in [-0.1, -0.05) is 30.3 Å². The molecule has 0 saturated carbocycles. The third-order valence-electron chi connectivity index (χ3n) is 4.73. The number of carbonyl (C=O) groups is 2. The molecular formula is C21H19FN2O3S. The maximum Gasteiger partial charge on any atom is 0.293 e. The third kappa shape index (κ3) is 3.95. The van der Waals surface area contributed by atoms with E-state index in [0.29, 0.717) is 10.5 Å². The molecule has 0 aliphatic carbocycles. The first-order valence-corrected chi connectivity index (χ1v) is 9.85. The number of anilines is 1. The Hall–Kier alpha value is -2.64. The first-order valence-electron chi connectivity index (χ1n) is 9.03. The van der Waals surface area contributed by atoms with Gasteiger partial charge in [0.25, 0.3) is 11.1 Å². The predicted molar refractivity (Wildman–Crippen MR) is 107 cm³/mol. The van der Waals surface area contributed by atoms with Crippen LogP contribution in [0.2, 0.25) is 0 Å². The van der Waals surface area contributed by atoms with E-state index in [0.717, 1.165) is 54.2 Å². The molecule has 2 heterocycles. The summed E-state index contributed by atoms with van der Waals surface area (Å²) >= 11 is 0.883. The van der Waals surface area contributed by atoms with Crippen molar-refractivity contribution in [2.45, 2.75) is 6.54 Å². The number of amides is 2. The van der Waals surface area contributed by atoms with Crippen molar-refractivity contribution in [2.75, 3.05) is 31.2 Å². The number of thioether (sulfide) groups is 1. The van der Waals surface area contributed by atoms with Crippen LogP contribution in [0.3, 0.4) is 0 Å². The minimum atomic E-state index is -0.427. The van der Waals surface area contributed by atoms with E-state index >= 15 is 0 Å². The summed E-state index contributed by atoms with van der Waals surface area (Å²) in [6.45, 7) is 3.08. The summed E-state index contributed by atoms with van der Waals surface area (Å²) in [4.78, 5) is 28.5. The number of rotatable bonds is 4. The van der Waals surface area contributed by atoms with E-state index in [9.17, 15) is 14.0 Å². The third-order valence-corrected chi connectivity index (χ3v) is 5.63. The van der Waals surface area contributed by atoms with E-state index < -0.39 is 11.7 Å². The Morgan fingerprint density at radius 1 is 1.04 bits per heavy atom. The average molecular weight is 398 g/mol. The van der Waals surface area contributed by atoms with Gasteiger partial charge in [0.1, 0.15) is 5.82 Å². The molecule has 0 spiro atoms. The molecule has 0 radical (unpaired) electrons. The van der Waals surface area contributed by atoms with Gasteiger partial charge in [-0.05, 0) is 41.6 Å². The lowest BCUT2D eigenvalue weighted by atomic mass is 10.1. The lowest BCUT2D eigenvalue weighted by molar-refractivity contribution is -0.123. The summed E-state index contributed by atoms with van der Waals surface area (Å²) in [5, 5.41) is -0.385. The van der Waals surface area contributed by atoms with Crippen LogP contribution in [-0.2, 0) is 16.1 Å². The van der Waals surface area contributed by atoms with Gasteiger partial charge in [-0.25, -0.2) is 4.39 Å². The Kier molecular flexibility index (Phi) is 5.45. The first-order chi connectivity index (χ1) is 13.6. The highest BCUT2D eigenvalue weighted by Gasteiger charge is 2.35. The molecule has 28 heavy (non-hydrogen) atoms. The van der Waals surface area contributed by atoms with Gasteiger partial charge in [-0.2, -0.15) is 0 Å². The Labute approximate surface area is 166 Å². The molecule has 7 heteroatoms. The van der Waals surface area contributed by atoms with Gasteiger partial charge in [-0.15, -0.1) is 0 Å². The second kappa shape index (κ2) is 8.16. The zero-order valence-corrected chi connectivity index (χ0v) is 16.0. The SMILES string of the molecule is O=C1SC(=Cc2ccc(N3CCOCC3)cc2)C(=O)N1Cc1ccccc1F. The number of halogens is 1. The van der Waals surface area contributed by atoms with Crippen molar-refractivity contribution in [1.82, 2.24) is 4.90 Å². The van der Waals surface area contributed by atoms with Crippen LogP contribution in [-0.4, -0.2) is 42.3 Å². The van der Waals surface area contributed by atoms with E-state index in [2.05, 4.69) is 4.90 Å². The highest BCUT2D eigenvalue weighted by atomic mass is 32.2. The lowest BCUT2D eigenvalue weighted by Crippen LogP contribution is -2.36. The number of imide groups is 1. The van der Waals surface area contributed by atoms with E-state index in [1.807, 2.05) is 24.3 Å². The largest absolute Gasteiger partial charge is 0.378 e. The van der Waals surface area contributed by atoms with Gasteiger partial charge in [0.2, 0.25) is 0 Å². The van der Waals surface area contributed by atoms with Crippen LogP contribution in [0.4, 0.5) is 14.9 Å². The molecule has 2 aromatic carbocycles. The van der Waals surface area contributed by atoms with E-state index in [1.165, 1.54) is 6.07 Å². The normalized spacial score (nSPS) is 19.0. The molecule has 0 atom stereocenters. The van der Waals surface area contributed by atoms with Crippen LogP contribution in [0.5, 0.6) is 0 Å². The van der Waals surface area contributed by atoms with Crippen molar-refractivity contribution in [3.63, 3.8) is 0 Å². The Morgan fingerprint density at radius 3 is 2.46 bits per heavy atom. The average Bonchev–Trinajstić information content (AvgIpc) is 2.98. The zero-order chi connectivity index (χ0) is 19.5. The fraction of sp³-hybridized carbons (Fsp3) is 0.238. The molecule has 0 N–H and O–H groups in total.